The smallest absolute Gasteiger partial charge is 0.339 e. The van der Waals surface area contributed by atoms with Crippen LogP contribution in [0.4, 0.5) is 0 Å². The van der Waals surface area contributed by atoms with Crippen molar-refractivity contribution in [2.75, 3.05) is 6.54 Å². The van der Waals surface area contributed by atoms with Crippen molar-refractivity contribution < 1.29 is 24.2 Å². The van der Waals surface area contributed by atoms with E-state index in [4.69, 9.17) is 9.72 Å². The predicted octanol–water partition coefficient (Wildman–Crippen LogP) is 5.43. The minimum atomic E-state index is -1.06. The summed E-state index contributed by atoms with van der Waals surface area (Å²) in [5.74, 6) is -0.761. The third-order valence-electron chi connectivity index (χ3n) is 6.80. The minimum absolute atomic E-state index is 0.175. The Kier molecular flexibility index (Phi) is 8.23. The summed E-state index contributed by atoms with van der Waals surface area (Å²) >= 11 is 0. The Labute approximate surface area is 229 Å². The summed E-state index contributed by atoms with van der Waals surface area (Å²) in [4.78, 5) is 44.2. The molecule has 2 heterocycles. The van der Waals surface area contributed by atoms with E-state index >= 15 is 0 Å². The highest BCUT2D eigenvalue weighted by Crippen LogP contribution is 2.33. The van der Waals surface area contributed by atoms with Gasteiger partial charge in [-0.3, -0.25) is 4.79 Å². The maximum absolute atomic E-state index is 12.8. The van der Waals surface area contributed by atoms with Crippen LogP contribution in [0.2, 0.25) is 0 Å². The number of hydrogen-bond acceptors (Lipinski definition) is 5. The lowest BCUT2D eigenvalue weighted by atomic mass is 9.98. The fraction of sp³-hybridized carbons (Fsp3) is 0.419. The molecule has 0 saturated carbocycles. The molecule has 0 bridgehead atoms. The van der Waals surface area contributed by atoms with Crippen molar-refractivity contribution >= 4 is 17.8 Å². The Morgan fingerprint density at radius 3 is 2.36 bits per heavy atom. The lowest BCUT2D eigenvalue weighted by molar-refractivity contribution is -0.151. The number of aryl methyl sites for hydroxylation is 1. The standard InChI is InChI=1S/C31H37N3O5/c1-6-10-25-32-24-17-18-33(26(35)7-2)28(29(36)37)27(24)34(25)19-20-13-15-21(16-14-20)22-11-8-9-12-23(22)30(38)39-31(3,4)5/h8-9,11-16,28H,6-7,10,17-19H2,1-5H3,(H,36,37). The van der Waals surface area contributed by atoms with Crippen molar-refractivity contribution in [2.45, 2.75) is 78.5 Å². The Morgan fingerprint density at radius 1 is 1.05 bits per heavy atom. The van der Waals surface area contributed by atoms with Crippen molar-refractivity contribution in [3.63, 3.8) is 0 Å². The molecule has 4 rings (SSSR count). The summed E-state index contributed by atoms with van der Waals surface area (Å²) in [6, 6.07) is 14.2. The van der Waals surface area contributed by atoms with Gasteiger partial charge in [-0.1, -0.05) is 56.3 Å². The third-order valence-corrected chi connectivity index (χ3v) is 6.80. The van der Waals surface area contributed by atoms with E-state index in [0.29, 0.717) is 37.2 Å². The topological polar surface area (TPSA) is 102 Å². The van der Waals surface area contributed by atoms with Crippen LogP contribution < -0.4 is 0 Å². The van der Waals surface area contributed by atoms with Crippen LogP contribution in [-0.2, 0) is 33.7 Å². The third kappa shape index (κ3) is 6.05. The highest BCUT2D eigenvalue weighted by atomic mass is 16.6. The van der Waals surface area contributed by atoms with Crippen LogP contribution in [0.3, 0.4) is 0 Å². The van der Waals surface area contributed by atoms with Gasteiger partial charge in [0.05, 0.1) is 17.0 Å². The molecule has 0 radical (unpaired) electrons. The second-order valence-corrected chi connectivity index (χ2v) is 10.9. The number of hydrogen-bond donors (Lipinski definition) is 1. The van der Waals surface area contributed by atoms with Gasteiger partial charge in [0.15, 0.2) is 6.04 Å². The van der Waals surface area contributed by atoms with E-state index in [9.17, 15) is 19.5 Å². The number of aromatic nitrogens is 2. The quantitative estimate of drug-likeness (QED) is 0.389. The number of carbonyl (C=O) groups is 3. The van der Waals surface area contributed by atoms with Crippen molar-refractivity contribution in [1.82, 2.24) is 14.5 Å². The molecule has 1 atom stereocenters. The van der Waals surface area contributed by atoms with E-state index in [0.717, 1.165) is 34.6 Å². The molecule has 1 aliphatic heterocycles. The van der Waals surface area contributed by atoms with Crippen LogP contribution in [0.1, 0.15) is 86.6 Å². The first-order valence-corrected chi connectivity index (χ1v) is 13.6. The SMILES string of the molecule is CCCc1nc2c(n1Cc1ccc(-c3ccccc3C(=O)OC(C)(C)C)cc1)C(C(=O)O)N(C(=O)CC)CC2. The second kappa shape index (κ2) is 11.4. The maximum atomic E-state index is 12.8. The van der Waals surface area contributed by atoms with E-state index in [2.05, 4.69) is 6.92 Å². The molecule has 0 saturated heterocycles. The number of esters is 1. The predicted molar refractivity (Wildman–Crippen MR) is 148 cm³/mol. The zero-order valence-electron chi connectivity index (χ0n) is 23.4. The molecular weight excluding hydrogens is 494 g/mol. The molecule has 1 aromatic heterocycles. The first kappa shape index (κ1) is 28.1. The summed E-state index contributed by atoms with van der Waals surface area (Å²) in [5, 5.41) is 10.2. The molecule has 206 valence electrons. The number of ether oxygens (including phenoxy) is 1. The number of rotatable bonds is 8. The zero-order valence-corrected chi connectivity index (χ0v) is 23.4. The van der Waals surface area contributed by atoms with Gasteiger partial charge in [0.25, 0.3) is 0 Å². The van der Waals surface area contributed by atoms with Gasteiger partial charge in [0.1, 0.15) is 11.4 Å². The van der Waals surface area contributed by atoms with Crippen LogP contribution >= 0.6 is 0 Å². The number of carboxylic acids is 1. The molecule has 1 amide bonds. The number of aliphatic carboxylic acids is 1. The molecular formula is C31H37N3O5. The molecule has 8 heteroatoms. The molecule has 39 heavy (non-hydrogen) atoms. The maximum Gasteiger partial charge on any atom is 0.339 e. The van der Waals surface area contributed by atoms with Gasteiger partial charge in [0.2, 0.25) is 5.91 Å². The number of benzene rings is 2. The molecule has 1 N–H and O–H groups in total. The average Bonchev–Trinajstić information content (AvgIpc) is 3.24. The Balaban J connectivity index is 1.68. The first-order valence-electron chi connectivity index (χ1n) is 13.6. The highest BCUT2D eigenvalue weighted by Gasteiger charge is 2.39. The van der Waals surface area contributed by atoms with Gasteiger partial charge in [-0.2, -0.15) is 0 Å². The largest absolute Gasteiger partial charge is 0.479 e. The lowest BCUT2D eigenvalue weighted by Gasteiger charge is -2.33. The molecule has 0 aliphatic carbocycles. The van der Waals surface area contributed by atoms with E-state index in [1.54, 1.807) is 13.0 Å². The van der Waals surface area contributed by atoms with Crippen LogP contribution in [-0.4, -0.2) is 49.5 Å². The van der Waals surface area contributed by atoms with Gasteiger partial charge in [0, 0.05) is 32.4 Å². The molecule has 1 aliphatic rings. The number of carboxylic acid groups (broad SMARTS) is 1. The number of amides is 1. The van der Waals surface area contributed by atoms with Crippen molar-refractivity contribution in [1.29, 1.82) is 0 Å². The zero-order chi connectivity index (χ0) is 28.3. The Morgan fingerprint density at radius 2 is 1.74 bits per heavy atom. The van der Waals surface area contributed by atoms with Crippen LogP contribution in [0.5, 0.6) is 0 Å². The minimum Gasteiger partial charge on any atom is -0.479 e. The fourth-order valence-corrected chi connectivity index (χ4v) is 5.09. The van der Waals surface area contributed by atoms with E-state index < -0.39 is 17.6 Å². The summed E-state index contributed by atoms with van der Waals surface area (Å²) in [6.45, 7) is 10.1. The van der Waals surface area contributed by atoms with E-state index in [-0.39, 0.29) is 18.3 Å². The van der Waals surface area contributed by atoms with Gasteiger partial charge < -0.3 is 19.3 Å². The summed E-state index contributed by atoms with van der Waals surface area (Å²) in [7, 11) is 0. The van der Waals surface area contributed by atoms with E-state index in [1.165, 1.54) is 4.90 Å². The molecule has 2 aromatic carbocycles. The molecule has 8 nitrogen and oxygen atoms in total. The van der Waals surface area contributed by atoms with Crippen LogP contribution in [0.25, 0.3) is 11.1 Å². The normalized spacial score (nSPS) is 15.1. The van der Waals surface area contributed by atoms with Gasteiger partial charge in [-0.05, 0) is 49.9 Å². The van der Waals surface area contributed by atoms with Gasteiger partial charge in [-0.15, -0.1) is 0 Å². The lowest BCUT2D eigenvalue weighted by Crippen LogP contribution is -2.44. The van der Waals surface area contributed by atoms with Crippen LogP contribution in [0.15, 0.2) is 48.5 Å². The van der Waals surface area contributed by atoms with Gasteiger partial charge >= 0.3 is 11.9 Å². The average molecular weight is 532 g/mol. The molecule has 0 fully saturated rings. The monoisotopic (exact) mass is 531 g/mol. The first-order chi connectivity index (χ1) is 18.5. The highest BCUT2D eigenvalue weighted by molar-refractivity contribution is 5.97. The molecule has 0 spiro atoms. The Hall–Kier alpha value is -3.94. The second-order valence-electron chi connectivity index (χ2n) is 10.9. The number of carbonyl (C=O) groups excluding carboxylic acids is 2. The van der Waals surface area contributed by atoms with Crippen LogP contribution in [0, 0.1) is 0 Å². The van der Waals surface area contributed by atoms with Crippen molar-refractivity contribution in [2.24, 2.45) is 0 Å². The van der Waals surface area contributed by atoms with Crippen molar-refractivity contribution in [3.05, 3.63) is 76.9 Å². The number of fused-ring (bicyclic) bond motifs is 1. The molecule has 1 unspecified atom stereocenters. The van der Waals surface area contributed by atoms with E-state index in [1.807, 2.05) is 67.8 Å². The summed E-state index contributed by atoms with van der Waals surface area (Å²) in [6.07, 6.45) is 2.37. The number of imidazole rings is 1. The fourth-order valence-electron chi connectivity index (χ4n) is 5.09. The van der Waals surface area contributed by atoms with Crippen molar-refractivity contribution in [3.8, 4) is 11.1 Å². The number of nitrogens with zero attached hydrogens (tertiary/aromatic N) is 3. The Bertz CT molecular complexity index is 1370. The summed E-state index contributed by atoms with van der Waals surface area (Å²) < 4.78 is 7.59. The molecule has 3 aromatic rings. The summed E-state index contributed by atoms with van der Waals surface area (Å²) in [5.41, 5.74) is 3.88. The van der Waals surface area contributed by atoms with Gasteiger partial charge in [-0.25, -0.2) is 14.6 Å².